The molecule has 116 valence electrons. The van der Waals surface area contributed by atoms with E-state index in [2.05, 4.69) is 4.98 Å². The van der Waals surface area contributed by atoms with Crippen molar-refractivity contribution in [3.05, 3.63) is 58.6 Å². The van der Waals surface area contributed by atoms with Crippen LogP contribution in [0.25, 0.3) is 12.2 Å². The van der Waals surface area contributed by atoms with Gasteiger partial charge in [-0.05, 0) is 24.5 Å². The molecular formula is C19H18N2O2. The number of Topliss-reactive ketones (excluding diaryl/α,β-unsaturated/α-hetero) is 1. The Morgan fingerprint density at radius 3 is 2.91 bits per heavy atom. The maximum Gasteiger partial charge on any atom is 0.219 e. The van der Waals surface area contributed by atoms with Gasteiger partial charge < -0.3 is 5.11 Å². The predicted octanol–water partition coefficient (Wildman–Crippen LogP) is 3.61. The minimum absolute atomic E-state index is 0.0225. The lowest BCUT2D eigenvalue weighted by Gasteiger charge is -2.11. The van der Waals surface area contributed by atoms with Gasteiger partial charge in [0, 0.05) is 24.1 Å². The first kappa shape index (κ1) is 14.0. The highest BCUT2D eigenvalue weighted by molar-refractivity contribution is 6.17. The van der Waals surface area contributed by atoms with Crippen molar-refractivity contribution in [2.75, 3.05) is 0 Å². The minimum Gasteiger partial charge on any atom is -0.493 e. The van der Waals surface area contributed by atoms with E-state index in [1.807, 2.05) is 34.9 Å². The van der Waals surface area contributed by atoms with E-state index < -0.39 is 0 Å². The number of hydrogen-bond acceptors (Lipinski definition) is 3. The van der Waals surface area contributed by atoms with Crippen molar-refractivity contribution in [1.82, 2.24) is 9.55 Å². The molecule has 2 aromatic rings. The largest absolute Gasteiger partial charge is 0.493 e. The number of ketones is 1. The molecule has 0 saturated heterocycles. The van der Waals surface area contributed by atoms with Crippen LogP contribution in [-0.4, -0.2) is 20.4 Å². The molecule has 0 unspecified atom stereocenters. The van der Waals surface area contributed by atoms with E-state index in [-0.39, 0.29) is 11.7 Å². The summed E-state index contributed by atoms with van der Waals surface area (Å²) in [6, 6.07) is 7.54. The van der Waals surface area contributed by atoms with E-state index in [0.29, 0.717) is 16.8 Å². The zero-order valence-corrected chi connectivity index (χ0v) is 12.8. The molecule has 0 spiro atoms. The summed E-state index contributed by atoms with van der Waals surface area (Å²) in [5, 5.41) is 10.4. The van der Waals surface area contributed by atoms with Crippen LogP contribution in [-0.2, 0) is 13.0 Å². The van der Waals surface area contributed by atoms with E-state index in [0.717, 1.165) is 43.6 Å². The molecule has 4 rings (SSSR count). The van der Waals surface area contributed by atoms with Gasteiger partial charge in [0.2, 0.25) is 5.88 Å². The van der Waals surface area contributed by atoms with Gasteiger partial charge in [0.15, 0.2) is 5.78 Å². The number of aromatic hydroxyl groups is 1. The van der Waals surface area contributed by atoms with Crippen LogP contribution >= 0.6 is 0 Å². The van der Waals surface area contributed by atoms with Crippen molar-refractivity contribution in [3.63, 3.8) is 0 Å². The Bertz CT molecular complexity index is 843. The summed E-state index contributed by atoms with van der Waals surface area (Å²) in [5.74, 6) is 1.07. The van der Waals surface area contributed by atoms with Gasteiger partial charge in [-0.25, -0.2) is 4.98 Å². The van der Waals surface area contributed by atoms with Crippen LogP contribution < -0.4 is 0 Å². The van der Waals surface area contributed by atoms with Gasteiger partial charge in [0.25, 0.3) is 0 Å². The normalized spacial score (nSPS) is 18.6. The molecule has 1 aromatic carbocycles. The molecule has 0 fully saturated rings. The molecule has 4 heteroatoms. The van der Waals surface area contributed by atoms with Gasteiger partial charge >= 0.3 is 0 Å². The average Bonchev–Trinajstić information content (AvgIpc) is 2.75. The smallest absolute Gasteiger partial charge is 0.219 e. The Labute approximate surface area is 134 Å². The second-order valence-electron chi connectivity index (χ2n) is 6.05. The van der Waals surface area contributed by atoms with Crippen LogP contribution in [0.15, 0.2) is 35.9 Å². The SMILES string of the molecule is O=C1C(=Cc2nc3n(c2O)CCCCC3)C=Cc2ccccc21. The highest BCUT2D eigenvalue weighted by Gasteiger charge is 2.21. The van der Waals surface area contributed by atoms with E-state index in [9.17, 15) is 9.90 Å². The molecule has 0 amide bonds. The van der Waals surface area contributed by atoms with Crippen LogP contribution in [0.1, 0.15) is 46.7 Å². The summed E-state index contributed by atoms with van der Waals surface area (Å²) in [6.07, 6.45) is 9.62. The number of imidazole rings is 1. The van der Waals surface area contributed by atoms with Crippen LogP contribution in [0.5, 0.6) is 5.88 Å². The predicted molar refractivity (Wildman–Crippen MR) is 89.2 cm³/mol. The van der Waals surface area contributed by atoms with Crippen molar-refractivity contribution in [3.8, 4) is 5.88 Å². The monoisotopic (exact) mass is 306 g/mol. The molecule has 4 nitrogen and oxygen atoms in total. The topological polar surface area (TPSA) is 55.1 Å². The van der Waals surface area contributed by atoms with Gasteiger partial charge in [0.1, 0.15) is 11.5 Å². The molecule has 2 heterocycles. The Kier molecular flexibility index (Phi) is 3.37. The number of allylic oxidation sites excluding steroid dienone is 2. The summed E-state index contributed by atoms with van der Waals surface area (Å²) in [5.41, 5.74) is 2.68. The van der Waals surface area contributed by atoms with Crippen molar-refractivity contribution >= 4 is 17.9 Å². The summed E-state index contributed by atoms with van der Waals surface area (Å²) < 4.78 is 1.88. The van der Waals surface area contributed by atoms with Crippen LogP contribution in [0.4, 0.5) is 0 Å². The Balaban J connectivity index is 1.74. The lowest BCUT2D eigenvalue weighted by molar-refractivity contribution is 0.103. The number of carbonyl (C=O) groups excluding carboxylic acids is 1. The van der Waals surface area contributed by atoms with Crippen molar-refractivity contribution < 1.29 is 9.90 Å². The first-order chi connectivity index (χ1) is 11.2. The highest BCUT2D eigenvalue weighted by atomic mass is 16.3. The Morgan fingerprint density at radius 2 is 2.00 bits per heavy atom. The van der Waals surface area contributed by atoms with E-state index >= 15 is 0 Å². The molecule has 0 radical (unpaired) electrons. The number of aromatic nitrogens is 2. The third-order valence-electron chi connectivity index (χ3n) is 4.53. The minimum atomic E-state index is -0.0225. The fourth-order valence-electron chi connectivity index (χ4n) is 3.28. The van der Waals surface area contributed by atoms with Gasteiger partial charge in [-0.2, -0.15) is 0 Å². The molecule has 1 aliphatic heterocycles. The zero-order chi connectivity index (χ0) is 15.8. The number of fused-ring (bicyclic) bond motifs is 2. The van der Waals surface area contributed by atoms with Crippen molar-refractivity contribution in [2.24, 2.45) is 0 Å². The number of carbonyl (C=O) groups is 1. The van der Waals surface area contributed by atoms with Gasteiger partial charge in [-0.3, -0.25) is 9.36 Å². The maximum atomic E-state index is 12.6. The second-order valence-corrected chi connectivity index (χ2v) is 6.05. The average molecular weight is 306 g/mol. The first-order valence-corrected chi connectivity index (χ1v) is 8.06. The van der Waals surface area contributed by atoms with Crippen molar-refractivity contribution in [2.45, 2.75) is 32.2 Å². The quantitative estimate of drug-likeness (QED) is 0.819. The van der Waals surface area contributed by atoms with Gasteiger partial charge in [0.05, 0.1) is 0 Å². The third-order valence-corrected chi connectivity index (χ3v) is 4.53. The molecule has 0 atom stereocenters. The summed E-state index contributed by atoms with van der Waals surface area (Å²) >= 11 is 0. The third kappa shape index (κ3) is 2.40. The number of aryl methyl sites for hydroxylation is 1. The van der Waals surface area contributed by atoms with E-state index in [1.165, 1.54) is 0 Å². The summed E-state index contributed by atoms with van der Waals surface area (Å²) in [4.78, 5) is 17.1. The number of hydrogen-bond donors (Lipinski definition) is 1. The standard InChI is InChI=1S/C19H18N2O2/c22-18-14(10-9-13-6-3-4-7-15(13)18)12-16-19(23)21-11-5-1-2-8-17(21)20-16/h3-4,6-7,9-10,12,23H,1-2,5,8,11H2. The van der Waals surface area contributed by atoms with Crippen LogP contribution in [0.3, 0.4) is 0 Å². The molecule has 0 bridgehead atoms. The zero-order valence-electron chi connectivity index (χ0n) is 12.8. The summed E-state index contributed by atoms with van der Waals surface area (Å²) in [6.45, 7) is 0.796. The van der Waals surface area contributed by atoms with E-state index in [4.69, 9.17) is 0 Å². The molecule has 1 N–H and O–H groups in total. The molecule has 1 aromatic heterocycles. The molecule has 1 aliphatic carbocycles. The van der Waals surface area contributed by atoms with Crippen LogP contribution in [0.2, 0.25) is 0 Å². The number of nitrogens with zero attached hydrogens (tertiary/aromatic N) is 2. The Hall–Kier alpha value is -2.62. The van der Waals surface area contributed by atoms with Gasteiger partial charge in [-0.15, -0.1) is 0 Å². The molecular weight excluding hydrogens is 288 g/mol. The first-order valence-electron chi connectivity index (χ1n) is 8.06. The lowest BCUT2D eigenvalue weighted by Crippen LogP contribution is -2.07. The second kappa shape index (κ2) is 5.54. The van der Waals surface area contributed by atoms with E-state index in [1.54, 1.807) is 12.2 Å². The molecule has 0 saturated carbocycles. The van der Waals surface area contributed by atoms with Crippen molar-refractivity contribution in [1.29, 1.82) is 0 Å². The Morgan fingerprint density at radius 1 is 1.13 bits per heavy atom. The molecule has 2 aliphatic rings. The van der Waals surface area contributed by atoms with Crippen LogP contribution in [0, 0.1) is 0 Å². The molecule has 23 heavy (non-hydrogen) atoms. The lowest BCUT2D eigenvalue weighted by atomic mass is 9.92. The fraction of sp³-hybridized carbons (Fsp3) is 0.263. The highest BCUT2D eigenvalue weighted by Crippen LogP contribution is 2.29. The maximum absolute atomic E-state index is 12.6. The number of rotatable bonds is 1. The van der Waals surface area contributed by atoms with Gasteiger partial charge in [-0.1, -0.05) is 42.8 Å². The fourth-order valence-corrected chi connectivity index (χ4v) is 3.28. The summed E-state index contributed by atoms with van der Waals surface area (Å²) in [7, 11) is 0. The number of benzene rings is 1.